The van der Waals surface area contributed by atoms with Gasteiger partial charge in [0.2, 0.25) is 0 Å². The van der Waals surface area contributed by atoms with E-state index in [1.54, 1.807) is 18.6 Å². The number of nitrogen functional groups attached to an aromatic ring is 1. The molecule has 3 aliphatic rings. The fourth-order valence-corrected chi connectivity index (χ4v) is 3.78. The van der Waals surface area contributed by atoms with E-state index in [0.29, 0.717) is 11.4 Å². The van der Waals surface area contributed by atoms with Gasteiger partial charge in [0.15, 0.2) is 11.5 Å². The number of nitrogens with zero attached hydrogens (tertiary/aromatic N) is 4. The Kier molecular flexibility index (Phi) is 6.11. The maximum absolute atomic E-state index is 13.0. The van der Waals surface area contributed by atoms with Crippen LogP contribution in [0.25, 0.3) is 11.3 Å². The van der Waals surface area contributed by atoms with Gasteiger partial charge in [-0.1, -0.05) is 12.1 Å². The Morgan fingerprint density at radius 1 is 1.22 bits per heavy atom. The molecule has 1 aromatic carbocycles. The van der Waals surface area contributed by atoms with Crippen LogP contribution in [0.3, 0.4) is 0 Å². The number of fused-ring (bicyclic) bond motifs is 3. The number of benzene rings is 1. The number of anilines is 3. The lowest BCUT2D eigenvalue weighted by molar-refractivity contribution is -0.122. The Bertz CT molecular complexity index is 1130. The van der Waals surface area contributed by atoms with Crippen molar-refractivity contribution in [3.8, 4) is 17.0 Å². The summed E-state index contributed by atoms with van der Waals surface area (Å²) >= 11 is 0. The number of carboxylic acid groups (broad SMARTS) is 1. The van der Waals surface area contributed by atoms with Gasteiger partial charge in [0.1, 0.15) is 11.9 Å². The highest BCUT2D eigenvalue weighted by Crippen LogP contribution is 2.31. The van der Waals surface area contributed by atoms with Crippen molar-refractivity contribution in [2.45, 2.75) is 18.9 Å². The number of ether oxygens (including phenoxy) is 1. The number of rotatable bonds is 0. The third kappa shape index (κ3) is 4.43. The number of aromatic nitrogens is 3. The van der Waals surface area contributed by atoms with E-state index in [0.717, 1.165) is 42.9 Å². The van der Waals surface area contributed by atoms with Crippen LogP contribution >= 0.6 is 0 Å². The molecule has 164 valence electrons. The quantitative estimate of drug-likeness (QED) is 0.454. The minimum absolute atomic E-state index is 0.0784. The summed E-state index contributed by atoms with van der Waals surface area (Å²) in [6.07, 6.45) is 6.85. The van der Waals surface area contributed by atoms with Crippen LogP contribution in [0.5, 0.6) is 5.75 Å². The lowest BCUT2D eigenvalue weighted by Crippen LogP contribution is -2.38. The van der Waals surface area contributed by atoms with Crippen LogP contribution in [-0.4, -0.2) is 51.6 Å². The SMILES string of the molecule is Nc1ncc2nc1C(=O)Nc1cnccc1N1CCC(CC1)Oc1cccc-2c1.O=CO. The molecule has 3 aliphatic heterocycles. The van der Waals surface area contributed by atoms with E-state index in [9.17, 15) is 4.79 Å². The topological polar surface area (TPSA) is 144 Å². The van der Waals surface area contributed by atoms with Crippen LogP contribution in [0.2, 0.25) is 0 Å². The molecule has 4 N–H and O–H groups in total. The van der Waals surface area contributed by atoms with Crippen molar-refractivity contribution in [2.75, 3.05) is 29.0 Å². The van der Waals surface area contributed by atoms with Crippen LogP contribution in [0.15, 0.2) is 48.9 Å². The first kappa shape index (κ1) is 21.0. The zero-order valence-corrected chi connectivity index (χ0v) is 17.1. The molecule has 5 heterocycles. The predicted octanol–water partition coefficient (Wildman–Crippen LogP) is 2.44. The minimum atomic E-state index is -0.414. The van der Waals surface area contributed by atoms with E-state index in [1.165, 1.54) is 0 Å². The third-order valence-corrected chi connectivity index (χ3v) is 5.28. The van der Waals surface area contributed by atoms with E-state index >= 15 is 0 Å². The number of piperidine rings is 1. The molecular formula is C22H22N6O4. The van der Waals surface area contributed by atoms with Gasteiger partial charge in [-0.3, -0.25) is 14.6 Å². The summed E-state index contributed by atoms with van der Waals surface area (Å²) in [4.78, 5) is 36.4. The summed E-state index contributed by atoms with van der Waals surface area (Å²) in [5.41, 5.74) is 8.96. The van der Waals surface area contributed by atoms with Crippen molar-refractivity contribution in [1.29, 1.82) is 0 Å². The largest absolute Gasteiger partial charge is 0.490 e. The fraction of sp³-hybridized carbons (Fsp3) is 0.227. The molecule has 1 amide bonds. The molecule has 0 unspecified atom stereocenters. The second-order valence-corrected chi connectivity index (χ2v) is 7.27. The highest BCUT2D eigenvalue weighted by Gasteiger charge is 2.24. The van der Waals surface area contributed by atoms with Gasteiger partial charge in [-0.25, -0.2) is 9.97 Å². The second-order valence-electron chi connectivity index (χ2n) is 7.27. The molecule has 32 heavy (non-hydrogen) atoms. The standard InChI is InChI=1S/C21H20N6O2.CH2O2/c22-20-19-21(28)26-17-11-23-7-4-18(17)27-8-5-14(6-9-27)29-15-3-1-2-13(10-15)16(25-19)12-24-20;2-1-3/h1-4,7,10-12,14H,5-6,8-9H2,(H2,22,24)(H,26,28);1H,(H,2,3). The van der Waals surface area contributed by atoms with Crippen LogP contribution in [0.1, 0.15) is 23.3 Å². The fourth-order valence-electron chi connectivity index (χ4n) is 3.78. The average Bonchev–Trinajstić information content (AvgIpc) is 2.81. The zero-order valence-electron chi connectivity index (χ0n) is 17.1. The maximum Gasteiger partial charge on any atom is 0.290 e. The number of nitrogens with one attached hydrogen (secondary N) is 1. The monoisotopic (exact) mass is 434 g/mol. The molecule has 0 saturated carbocycles. The van der Waals surface area contributed by atoms with Gasteiger partial charge in [0.25, 0.3) is 12.4 Å². The van der Waals surface area contributed by atoms with Crippen LogP contribution in [0, 0.1) is 0 Å². The average molecular weight is 434 g/mol. The number of hydrogen-bond donors (Lipinski definition) is 3. The lowest BCUT2D eigenvalue weighted by Gasteiger charge is -2.34. The van der Waals surface area contributed by atoms with Crippen molar-refractivity contribution in [1.82, 2.24) is 15.0 Å². The Morgan fingerprint density at radius 3 is 2.78 bits per heavy atom. The molecule has 1 saturated heterocycles. The first-order valence-corrected chi connectivity index (χ1v) is 10.1. The van der Waals surface area contributed by atoms with Gasteiger partial charge in [0, 0.05) is 37.7 Å². The Balaban J connectivity index is 0.000000775. The van der Waals surface area contributed by atoms with Crippen molar-refractivity contribution in [3.05, 3.63) is 54.6 Å². The summed E-state index contributed by atoms with van der Waals surface area (Å²) < 4.78 is 6.23. The molecule has 3 aromatic rings. The Hall–Kier alpha value is -4.21. The number of amides is 1. The lowest BCUT2D eigenvalue weighted by atomic mass is 10.1. The van der Waals surface area contributed by atoms with Crippen molar-refractivity contribution in [2.24, 2.45) is 0 Å². The van der Waals surface area contributed by atoms with E-state index in [1.807, 2.05) is 30.3 Å². The molecule has 0 radical (unpaired) electrons. The maximum atomic E-state index is 13.0. The van der Waals surface area contributed by atoms with Crippen LogP contribution in [0.4, 0.5) is 17.2 Å². The summed E-state index contributed by atoms with van der Waals surface area (Å²) in [6, 6.07) is 9.59. The number of carbonyl (C=O) groups is 2. The molecule has 10 heteroatoms. The molecule has 1 fully saturated rings. The Morgan fingerprint density at radius 2 is 2.00 bits per heavy atom. The molecule has 0 spiro atoms. The highest BCUT2D eigenvalue weighted by atomic mass is 16.5. The molecular weight excluding hydrogens is 412 g/mol. The number of carbonyl (C=O) groups excluding carboxylic acids is 1. The van der Waals surface area contributed by atoms with Crippen molar-refractivity contribution in [3.63, 3.8) is 0 Å². The zero-order chi connectivity index (χ0) is 22.5. The van der Waals surface area contributed by atoms with Crippen LogP contribution < -0.4 is 20.7 Å². The molecule has 6 bridgehead atoms. The van der Waals surface area contributed by atoms with E-state index in [2.05, 4.69) is 25.2 Å². The summed E-state index contributed by atoms with van der Waals surface area (Å²) in [7, 11) is 0. The first-order chi connectivity index (χ1) is 15.6. The normalized spacial score (nSPS) is 15.1. The molecule has 10 nitrogen and oxygen atoms in total. The van der Waals surface area contributed by atoms with E-state index in [-0.39, 0.29) is 24.1 Å². The number of nitrogens with two attached hydrogens (primary N) is 1. The summed E-state index contributed by atoms with van der Waals surface area (Å²) in [5, 5.41) is 9.80. The highest BCUT2D eigenvalue weighted by molar-refractivity contribution is 6.07. The number of hydrogen-bond acceptors (Lipinski definition) is 8. The van der Waals surface area contributed by atoms with E-state index in [4.69, 9.17) is 20.4 Å². The van der Waals surface area contributed by atoms with Gasteiger partial charge < -0.3 is 25.8 Å². The van der Waals surface area contributed by atoms with Gasteiger partial charge in [0.05, 0.1) is 29.5 Å². The summed E-state index contributed by atoms with van der Waals surface area (Å²) in [6.45, 7) is 1.40. The minimum Gasteiger partial charge on any atom is -0.490 e. The van der Waals surface area contributed by atoms with Crippen LogP contribution in [-0.2, 0) is 4.79 Å². The van der Waals surface area contributed by atoms with Gasteiger partial charge in [-0.2, -0.15) is 0 Å². The first-order valence-electron chi connectivity index (χ1n) is 10.1. The second kappa shape index (κ2) is 9.29. The molecule has 6 rings (SSSR count). The molecule has 0 atom stereocenters. The third-order valence-electron chi connectivity index (χ3n) is 5.28. The van der Waals surface area contributed by atoms with Gasteiger partial charge in [-0.05, 0) is 18.2 Å². The van der Waals surface area contributed by atoms with Gasteiger partial charge in [-0.15, -0.1) is 0 Å². The van der Waals surface area contributed by atoms with Crippen molar-refractivity contribution < 1.29 is 19.4 Å². The predicted molar refractivity (Wildman–Crippen MR) is 119 cm³/mol. The van der Waals surface area contributed by atoms with Crippen molar-refractivity contribution >= 4 is 29.6 Å². The smallest absolute Gasteiger partial charge is 0.290 e. The summed E-state index contributed by atoms with van der Waals surface area (Å²) in [5.74, 6) is 0.447. The molecule has 2 aromatic heterocycles. The Labute approximate surface area is 184 Å². The van der Waals surface area contributed by atoms with E-state index < -0.39 is 5.91 Å². The number of pyridine rings is 1. The molecule has 0 aliphatic carbocycles. The van der Waals surface area contributed by atoms with Gasteiger partial charge >= 0.3 is 0 Å².